The first kappa shape index (κ1) is 13.5. The highest BCUT2D eigenvalue weighted by Crippen LogP contribution is 1.88. The molecule has 0 spiro atoms. The molecule has 0 aromatic heterocycles. The fraction of sp³-hybridized carbons (Fsp3) is 0.600. The third kappa shape index (κ3) is 8.80. The van der Waals surface area contributed by atoms with Gasteiger partial charge in [-0.2, -0.15) is 0 Å². The number of rotatable bonds is 6. The maximum atomic E-state index is 11.0. The van der Waals surface area contributed by atoms with Gasteiger partial charge in [0.1, 0.15) is 0 Å². The van der Waals surface area contributed by atoms with E-state index in [1.54, 1.807) is 0 Å². The lowest BCUT2D eigenvalue weighted by Gasteiger charge is -2.04. The molecule has 0 aliphatic carbocycles. The Hall–Kier alpha value is -1.52. The molecule has 0 aromatic rings. The molecule has 86 valence electrons. The Bertz CT molecular complexity index is 227. The van der Waals surface area contributed by atoms with Gasteiger partial charge in [-0.05, 0) is 12.8 Å². The summed E-state index contributed by atoms with van der Waals surface area (Å²) < 4.78 is 4.80. The average Bonchev–Trinajstić information content (AvgIpc) is 2.25. The van der Waals surface area contributed by atoms with Crippen LogP contribution in [0.4, 0.5) is 4.79 Å². The molecule has 0 aromatic carbocycles. The Balaban J connectivity index is 3.41. The standard InChI is InChI=1S/C10H18N2O3/c1-3-4-5-6-7-15-10(14)12-8-9(13)11-2/h4-5H,3,6-8H2,1-2H3,(H,11,13)(H,12,14)/b5-4-. The van der Waals surface area contributed by atoms with Gasteiger partial charge in [-0.1, -0.05) is 19.1 Å². The number of carbonyl (C=O) groups excluding carboxylic acids is 2. The van der Waals surface area contributed by atoms with Crippen LogP contribution in [0.1, 0.15) is 19.8 Å². The number of nitrogens with one attached hydrogen (secondary N) is 2. The topological polar surface area (TPSA) is 67.4 Å². The lowest BCUT2D eigenvalue weighted by atomic mass is 10.3. The maximum absolute atomic E-state index is 11.0. The van der Waals surface area contributed by atoms with Gasteiger partial charge in [-0.15, -0.1) is 0 Å². The smallest absolute Gasteiger partial charge is 0.407 e. The number of hydrogen-bond donors (Lipinski definition) is 2. The van der Waals surface area contributed by atoms with Crippen LogP contribution in [0.5, 0.6) is 0 Å². The van der Waals surface area contributed by atoms with Crippen molar-refractivity contribution in [2.75, 3.05) is 20.2 Å². The van der Waals surface area contributed by atoms with Crippen LogP contribution in [0.3, 0.4) is 0 Å². The minimum atomic E-state index is -0.566. The van der Waals surface area contributed by atoms with E-state index in [-0.39, 0.29) is 12.5 Å². The van der Waals surface area contributed by atoms with E-state index < -0.39 is 6.09 Å². The molecule has 0 saturated carbocycles. The van der Waals surface area contributed by atoms with Crippen molar-refractivity contribution >= 4 is 12.0 Å². The highest BCUT2D eigenvalue weighted by atomic mass is 16.5. The summed E-state index contributed by atoms with van der Waals surface area (Å²) in [5.41, 5.74) is 0. The van der Waals surface area contributed by atoms with Crippen molar-refractivity contribution in [2.45, 2.75) is 19.8 Å². The van der Waals surface area contributed by atoms with Crippen molar-refractivity contribution in [1.82, 2.24) is 10.6 Å². The Morgan fingerprint density at radius 2 is 2.07 bits per heavy atom. The van der Waals surface area contributed by atoms with Gasteiger partial charge in [0.2, 0.25) is 5.91 Å². The molecule has 0 aliphatic rings. The zero-order valence-corrected chi connectivity index (χ0v) is 9.21. The second-order valence-electron chi connectivity index (χ2n) is 2.83. The number of hydrogen-bond acceptors (Lipinski definition) is 3. The fourth-order valence-corrected chi connectivity index (χ4v) is 0.796. The first-order valence-corrected chi connectivity index (χ1v) is 4.97. The molecule has 0 radical (unpaired) electrons. The first-order chi connectivity index (χ1) is 7.20. The van der Waals surface area contributed by atoms with E-state index in [4.69, 9.17) is 4.74 Å². The highest BCUT2D eigenvalue weighted by molar-refractivity contribution is 5.81. The Kier molecular flexibility index (Phi) is 8.13. The SMILES string of the molecule is CC/C=C\CCOC(=O)NCC(=O)NC. The van der Waals surface area contributed by atoms with Gasteiger partial charge in [0.25, 0.3) is 0 Å². The van der Waals surface area contributed by atoms with E-state index in [0.717, 1.165) is 6.42 Å². The molecule has 5 nitrogen and oxygen atoms in total. The quantitative estimate of drug-likeness (QED) is 0.508. The average molecular weight is 214 g/mol. The molecule has 2 amide bonds. The monoisotopic (exact) mass is 214 g/mol. The number of alkyl carbamates (subject to hydrolysis) is 1. The number of allylic oxidation sites excluding steroid dienone is 1. The molecule has 15 heavy (non-hydrogen) atoms. The van der Waals surface area contributed by atoms with Gasteiger partial charge in [0, 0.05) is 7.05 Å². The van der Waals surface area contributed by atoms with E-state index in [2.05, 4.69) is 10.6 Å². The minimum Gasteiger partial charge on any atom is -0.449 e. The Morgan fingerprint density at radius 3 is 2.67 bits per heavy atom. The van der Waals surface area contributed by atoms with Gasteiger partial charge in [-0.3, -0.25) is 4.79 Å². The summed E-state index contributed by atoms with van der Waals surface area (Å²) in [5, 5.41) is 4.71. The molecule has 5 heteroatoms. The van der Waals surface area contributed by atoms with Crippen LogP contribution in [-0.2, 0) is 9.53 Å². The van der Waals surface area contributed by atoms with Crippen LogP contribution in [-0.4, -0.2) is 32.2 Å². The van der Waals surface area contributed by atoms with Crippen molar-refractivity contribution in [1.29, 1.82) is 0 Å². The van der Waals surface area contributed by atoms with Crippen LogP contribution in [0, 0.1) is 0 Å². The maximum Gasteiger partial charge on any atom is 0.407 e. The summed E-state index contributed by atoms with van der Waals surface area (Å²) >= 11 is 0. The van der Waals surface area contributed by atoms with Crippen LogP contribution in [0.15, 0.2) is 12.2 Å². The molecule has 0 unspecified atom stereocenters. The van der Waals surface area contributed by atoms with Crippen molar-refractivity contribution in [3.05, 3.63) is 12.2 Å². The van der Waals surface area contributed by atoms with E-state index in [1.165, 1.54) is 7.05 Å². The summed E-state index contributed by atoms with van der Waals surface area (Å²) in [6.45, 7) is 2.31. The van der Waals surface area contributed by atoms with Gasteiger partial charge < -0.3 is 15.4 Å². The van der Waals surface area contributed by atoms with E-state index >= 15 is 0 Å². The predicted molar refractivity (Wildman–Crippen MR) is 57.5 cm³/mol. The fourth-order valence-electron chi connectivity index (χ4n) is 0.796. The third-order valence-corrected chi connectivity index (χ3v) is 1.59. The second kappa shape index (κ2) is 9.05. The molecule has 2 N–H and O–H groups in total. The van der Waals surface area contributed by atoms with Gasteiger partial charge in [0.15, 0.2) is 0 Å². The van der Waals surface area contributed by atoms with Crippen LogP contribution in [0.25, 0.3) is 0 Å². The molecule has 0 fully saturated rings. The van der Waals surface area contributed by atoms with Crippen LogP contribution < -0.4 is 10.6 Å². The molecule has 0 rings (SSSR count). The minimum absolute atomic E-state index is 0.0554. The summed E-state index contributed by atoms with van der Waals surface area (Å²) in [6.07, 6.45) is 5.06. The van der Waals surface area contributed by atoms with Crippen molar-refractivity contribution in [3.63, 3.8) is 0 Å². The van der Waals surface area contributed by atoms with Crippen molar-refractivity contribution in [3.8, 4) is 0 Å². The number of ether oxygens (including phenoxy) is 1. The van der Waals surface area contributed by atoms with Crippen molar-refractivity contribution in [2.24, 2.45) is 0 Å². The molecule has 0 heterocycles. The normalized spacial score (nSPS) is 10.0. The van der Waals surface area contributed by atoms with Gasteiger partial charge >= 0.3 is 6.09 Å². The molecular formula is C10H18N2O3. The Labute approximate surface area is 89.9 Å². The summed E-state index contributed by atoms with van der Waals surface area (Å²) in [5.74, 6) is -0.252. The largest absolute Gasteiger partial charge is 0.449 e. The number of amides is 2. The molecule has 0 atom stereocenters. The summed E-state index contributed by atoms with van der Waals surface area (Å²) in [7, 11) is 1.50. The third-order valence-electron chi connectivity index (χ3n) is 1.59. The zero-order valence-electron chi connectivity index (χ0n) is 9.21. The highest BCUT2D eigenvalue weighted by Gasteiger charge is 2.03. The van der Waals surface area contributed by atoms with Crippen LogP contribution >= 0.6 is 0 Å². The second-order valence-corrected chi connectivity index (χ2v) is 2.83. The summed E-state index contributed by atoms with van der Waals surface area (Å²) in [4.78, 5) is 21.7. The molecule has 0 aliphatic heterocycles. The predicted octanol–water partition coefficient (Wildman–Crippen LogP) is 0.815. The van der Waals surface area contributed by atoms with E-state index in [1.807, 2.05) is 19.1 Å². The number of likely N-dealkylation sites (N-methyl/N-ethyl adjacent to an activating group) is 1. The molecule has 0 bridgehead atoms. The van der Waals surface area contributed by atoms with Crippen molar-refractivity contribution < 1.29 is 14.3 Å². The number of carbonyl (C=O) groups is 2. The van der Waals surface area contributed by atoms with E-state index in [0.29, 0.717) is 13.0 Å². The Morgan fingerprint density at radius 1 is 1.33 bits per heavy atom. The van der Waals surface area contributed by atoms with Crippen LogP contribution in [0.2, 0.25) is 0 Å². The lowest BCUT2D eigenvalue weighted by molar-refractivity contribution is -0.119. The molecular weight excluding hydrogens is 196 g/mol. The first-order valence-electron chi connectivity index (χ1n) is 4.97. The van der Waals surface area contributed by atoms with Gasteiger partial charge in [-0.25, -0.2) is 4.79 Å². The molecule has 0 saturated heterocycles. The zero-order chi connectivity index (χ0) is 11.5. The van der Waals surface area contributed by atoms with E-state index in [9.17, 15) is 9.59 Å². The van der Waals surface area contributed by atoms with Gasteiger partial charge in [0.05, 0.1) is 13.2 Å². The lowest BCUT2D eigenvalue weighted by Crippen LogP contribution is -2.35. The summed E-state index contributed by atoms with van der Waals surface area (Å²) in [6, 6.07) is 0.